The van der Waals surface area contributed by atoms with Gasteiger partial charge >= 0.3 is 0 Å². The van der Waals surface area contributed by atoms with E-state index in [1.807, 2.05) is 0 Å². The Morgan fingerprint density at radius 3 is 2.06 bits per heavy atom. The summed E-state index contributed by atoms with van der Waals surface area (Å²) >= 11 is 0. The summed E-state index contributed by atoms with van der Waals surface area (Å²) in [5.41, 5.74) is 6.41. The predicted molar refractivity (Wildman–Crippen MR) is 79.8 cm³/mol. The zero-order valence-electron chi connectivity index (χ0n) is 13.1. The van der Waals surface area contributed by atoms with Crippen LogP contribution in [-0.2, 0) is 0 Å². The Morgan fingerprint density at radius 1 is 1.17 bits per heavy atom. The van der Waals surface area contributed by atoms with Crippen molar-refractivity contribution < 1.29 is 0 Å². The van der Waals surface area contributed by atoms with Gasteiger partial charge in [-0.15, -0.1) is 0 Å². The third-order valence-electron chi connectivity index (χ3n) is 4.48. The van der Waals surface area contributed by atoms with Crippen molar-refractivity contribution in [3.63, 3.8) is 0 Å². The van der Waals surface area contributed by atoms with E-state index in [9.17, 15) is 0 Å². The molecule has 1 aliphatic heterocycles. The fourth-order valence-corrected chi connectivity index (χ4v) is 3.21. The van der Waals surface area contributed by atoms with Gasteiger partial charge in [-0.05, 0) is 39.2 Å². The van der Waals surface area contributed by atoms with Crippen LogP contribution in [0.15, 0.2) is 0 Å². The molecule has 0 aromatic carbocycles. The van der Waals surface area contributed by atoms with E-state index in [4.69, 9.17) is 5.73 Å². The Kier molecular flexibility index (Phi) is 6.09. The molecule has 108 valence electrons. The molecule has 0 saturated carbocycles. The standard InChI is InChI=1S/C15H33N3/c1-6-18(11-13(2)3)15(12-16)7-9-17(10-8-15)14(4)5/h13-14H,6-12,16H2,1-5H3. The number of nitrogens with zero attached hydrogens (tertiary/aromatic N) is 2. The first-order valence-corrected chi connectivity index (χ1v) is 7.64. The van der Waals surface area contributed by atoms with Crippen molar-refractivity contribution >= 4 is 0 Å². The third kappa shape index (κ3) is 3.69. The normalized spacial score (nSPS) is 21.2. The molecule has 3 nitrogen and oxygen atoms in total. The molecular weight excluding hydrogens is 222 g/mol. The van der Waals surface area contributed by atoms with Crippen LogP contribution >= 0.6 is 0 Å². The molecule has 18 heavy (non-hydrogen) atoms. The Hall–Kier alpha value is -0.120. The molecule has 0 spiro atoms. The van der Waals surface area contributed by atoms with E-state index >= 15 is 0 Å². The lowest BCUT2D eigenvalue weighted by Crippen LogP contribution is -2.60. The minimum absolute atomic E-state index is 0.254. The van der Waals surface area contributed by atoms with Crippen molar-refractivity contribution in [3.05, 3.63) is 0 Å². The lowest BCUT2D eigenvalue weighted by atomic mass is 9.84. The van der Waals surface area contributed by atoms with Gasteiger partial charge in [-0.1, -0.05) is 20.8 Å². The van der Waals surface area contributed by atoms with Crippen molar-refractivity contribution in [2.24, 2.45) is 11.7 Å². The van der Waals surface area contributed by atoms with Crippen LogP contribution in [0.1, 0.15) is 47.5 Å². The minimum Gasteiger partial charge on any atom is -0.329 e. The van der Waals surface area contributed by atoms with Gasteiger partial charge in [-0.3, -0.25) is 4.90 Å². The summed E-state index contributed by atoms with van der Waals surface area (Å²) in [5, 5.41) is 0. The van der Waals surface area contributed by atoms with Gasteiger partial charge in [0.2, 0.25) is 0 Å². The molecule has 2 N–H and O–H groups in total. The molecule has 0 aromatic rings. The van der Waals surface area contributed by atoms with E-state index in [2.05, 4.69) is 44.4 Å². The maximum Gasteiger partial charge on any atom is 0.0356 e. The highest BCUT2D eigenvalue weighted by Gasteiger charge is 2.38. The molecule has 0 atom stereocenters. The lowest BCUT2D eigenvalue weighted by Gasteiger charge is -2.49. The maximum atomic E-state index is 6.15. The van der Waals surface area contributed by atoms with Gasteiger partial charge in [0, 0.05) is 37.8 Å². The highest BCUT2D eigenvalue weighted by Crippen LogP contribution is 2.29. The van der Waals surface area contributed by atoms with Crippen molar-refractivity contribution in [3.8, 4) is 0 Å². The van der Waals surface area contributed by atoms with Gasteiger partial charge in [0.1, 0.15) is 0 Å². The second kappa shape index (κ2) is 6.88. The monoisotopic (exact) mass is 255 g/mol. The summed E-state index contributed by atoms with van der Waals surface area (Å²) < 4.78 is 0. The molecule has 0 aliphatic carbocycles. The number of rotatable bonds is 6. The molecular formula is C15H33N3. The topological polar surface area (TPSA) is 32.5 Å². The molecule has 0 aromatic heterocycles. The van der Waals surface area contributed by atoms with Crippen LogP contribution in [0.25, 0.3) is 0 Å². The molecule has 1 heterocycles. The first kappa shape index (κ1) is 15.9. The summed E-state index contributed by atoms with van der Waals surface area (Å²) in [5.74, 6) is 0.719. The van der Waals surface area contributed by atoms with Gasteiger partial charge in [0.15, 0.2) is 0 Å². The number of likely N-dealkylation sites (N-methyl/N-ethyl adjacent to an activating group) is 1. The Bertz CT molecular complexity index is 230. The van der Waals surface area contributed by atoms with Crippen LogP contribution < -0.4 is 5.73 Å². The van der Waals surface area contributed by atoms with E-state index in [1.165, 1.54) is 32.5 Å². The Labute approximate surface area is 114 Å². The molecule has 3 heteroatoms. The number of hydrogen-bond donors (Lipinski definition) is 1. The highest BCUT2D eigenvalue weighted by atomic mass is 15.2. The largest absolute Gasteiger partial charge is 0.329 e. The van der Waals surface area contributed by atoms with E-state index in [1.54, 1.807) is 0 Å². The molecule has 0 radical (unpaired) electrons. The van der Waals surface area contributed by atoms with E-state index < -0.39 is 0 Å². The zero-order chi connectivity index (χ0) is 13.8. The van der Waals surface area contributed by atoms with E-state index in [0.717, 1.165) is 19.0 Å². The summed E-state index contributed by atoms with van der Waals surface area (Å²) in [6.07, 6.45) is 2.45. The number of piperidine rings is 1. The van der Waals surface area contributed by atoms with Gasteiger partial charge in [-0.25, -0.2) is 0 Å². The third-order valence-corrected chi connectivity index (χ3v) is 4.48. The zero-order valence-corrected chi connectivity index (χ0v) is 13.1. The van der Waals surface area contributed by atoms with Crippen molar-refractivity contribution in [2.45, 2.75) is 59.0 Å². The summed E-state index contributed by atoms with van der Waals surface area (Å²) in [7, 11) is 0. The molecule has 0 unspecified atom stereocenters. The number of likely N-dealkylation sites (tertiary alicyclic amines) is 1. The van der Waals surface area contributed by atoms with E-state index in [0.29, 0.717) is 6.04 Å². The average Bonchev–Trinajstić information content (AvgIpc) is 2.35. The minimum atomic E-state index is 0.254. The predicted octanol–water partition coefficient (Wildman–Crippen LogP) is 2.17. The van der Waals surface area contributed by atoms with Crippen molar-refractivity contribution in [2.75, 3.05) is 32.7 Å². The number of hydrogen-bond acceptors (Lipinski definition) is 3. The molecule has 1 rings (SSSR count). The second-order valence-corrected chi connectivity index (χ2v) is 6.49. The molecule has 1 saturated heterocycles. The van der Waals surface area contributed by atoms with Crippen LogP contribution in [0.2, 0.25) is 0 Å². The number of nitrogens with two attached hydrogens (primary N) is 1. The van der Waals surface area contributed by atoms with Crippen LogP contribution in [0, 0.1) is 5.92 Å². The quantitative estimate of drug-likeness (QED) is 0.789. The smallest absolute Gasteiger partial charge is 0.0356 e. The Balaban J connectivity index is 2.69. The van der Waals surface area contributed by atoms with Crippen molar-refractivity contribution in [1.29, 1.82) is 0 Å². The fourth-order valence-electron chi connectivity index (χ4n) is 3.21. The lowest BCUT2D eigenvalue weighted by molar-refractivity contribution is 0.0143. The molecule has 0 amide bonds. The van der Waals surface area contributed by atoms with Crippen molar-refractivity contribution in [1.82, 2.24) is 9.80 Å². The molecule has 1 aliphatic rings. The second-order valence-electron chi connectivity index (χ2n) is 6.49. The van der Waals surface area contributed by atoms with Gasteiger partial charge < -0.3 is 10.6 Å². The van der Waals surface area contributed by atoms with E-state index in [-0.39, 0.29) is 5.54 Å². The van der Waals surface area contributed by atoms with Crippen LogP contribution in [0.5, 0.6) is 0 Å². The van der Waals surface area contributed by atoms with Gasteiger partial charge in [0.25, 0.3) is 0 Å². The molecule has 0 bridgehead atoms. The maximum absolute atomic E-state index is 6.15. The highest BCUT2D eigenvalue weighted by molar-refractivity contribution is 4.96. The fraction of sp³-hybridized carbons (Fsp3) is 1.00. The van der Waals surface area contributed by atoms with Crippen LogP contribution in [0.4, 0.5) is 0 Å². The van der Waals surface area contributed by atoms with Gasteiger partial charge in [0.05, 0.1) is 0 Å². The SMILES string of the molecule is CCN(CC(C)C)C1(CN)CCN(C(C)C)CC1. The van der Waals surface area contributed by atoms with Gasteiger partial charge in [-0.2, -0.15) is 0 Å². The first-order valence-electron chi connectivity index (χ1n) is 7.64. The van der Waals surface area contributed by atoms with Crippen LogP contribution in [-0.4, -0.2) is 54.1 Å². The summed E-state index contributed by atoms with van der Waals surface area (Å²) in [4.78, 5) is 5.21. The molecule has 1 fully saturated rings. The summed E-state index contributed by atoms with van der Waals surface area (Å²) in [6, 6.07) is 0.668. The average molecular weight is 255 g/mol. The Morgan fingerprint density at radius 2 is 1.72 bits per heavy atom. The van der Waals surface area contributed by atoms with Crippen LogP contribution in [0.3, 0.4) is 0 Å². The summed E-state index contributed by atoms with van der Waals surface area (Å²) in [6.45, 7) is 17.0. The first-order chi connectivity index (χ1) is 8.45.